The molecule has 0 saturated carbocycles. The fourth-order valence-corrected chi connectivity index (χ4v) is 3.11. The topological polar surface area (TPSA) is 86.3 Å². The number of nitrogens with one attached hydrogen (secondary N) is 1. The second-order valence-electron chi connectivity index (χ2n) is 6.67. The van der Waals surface area contributed by atoms with E-state index in [1.807, 2.05) is 6.07 Å². The molecule has 0 unspecified atom stereocenters. The highest BCUT2D eigenvalue weighted by molar-refractivity contribution is 6.31. The predicted octanol–water partition coefficient (Wildman–Crippen LogP) is 5.10. The number of hydrogen-bond donors (Lipinski definition) is 1. The lowest BCUT2D eigenvalue weighted by atomic mass is 10.1. The van der Waals surface area contributed by atoms with Gasteiger partial charge in [0.25, 0.3) is 5.91 Å². The summed E-state index contributed by atoms with van der Waals surface area (Å²) < 4.78 is 44.4. The molecule has 0 fully saturated rings. The first-order valence-electron chi connectivity index (χ1n) is 9.16. The van der Waals surface area contributed by atoms with Gasteiger partial charge in [0.15, 0.2) is 0 Å². The number of carbonyl (C=O) groups is 2. The second kappa shape index (κ2) is 9.58. The van der Waals surface area contributed by atoms with Gasteiger partial charge < -0.3 is 14.6 Å². The zero-order chi connectivity index (χ0) is 23.3. The molecule has 32 heavy (non-hydrogen) atoms. The maximum absolute atomic E-state index is 13.1. The summed E-state index contributed by atoms with van der Waals surface area (Å²) >= 11 is 5.60. The van der Waals surface area contributed by atoms with Crippen LogP contribution in [0.2, 0.25) is 5.02 Å². The summed E-state index contributed by atoms with van der Waals surface area (Å²) in [5.41, 5.74) is -0.772. The number of halogens is 4. The molecule has 164 valence electrons. The van der Waals surface area contributed by atoms with Crippen molar-refractivity contribution in [2.24, 2.45) is 0 Å². The van der Waals surface area contributed by atoms with Gasteiger partial charge >= 0.3 is 6.18 Å². The van der Waals surface area contributed by atoms with Crippen LogP contribution in [0.5, 0.6) is 0 Å². The number of alkyl halides is 3. The number of nitrogens with zero attached hydrogens (tertiary/aromatic N) is 2. The molecule has 0 atom stereocenters. The highest BCUT2D eigenvalue weighted by Crippen LogP contribution is 2.36. The Labute approximate surface area is 185 Å². The van der Waals surface area contributed by atoms with Crippen molar-refractivity contribution in [3.63, 3.8) is 0 Å². The minimum atomic E-state index is -4.69. The van der Waals surface area contributed by atoms with Gasteiger partial charge in [-0.15, -0.1) is 0 Å². The highest BCUT2D eigenvalue weighted by Gasteiger charge is 2.33. The Morgan fingerprint density at radius 2 is 1.91 bits per heavy atom. The van der Waals surface area contributed by atoms with Gasteiger partial charge in [0.2, 0.25) is 5.91 Å². The molecule has 0 spiro atoms. The van der Waals surface area contributed by atoms with Gasteiger partial charge in [-0.3, -0.25) is 9.59 Å². The summed E-state index contributed by atoms with van der Waals surface area (Å²) in [6.07, 6.45) is -3.29. The van der Waals surface area contributed by atoms with Gasteiger partial charge in [0.1, 0.15) is 12.3 Å². The molecule has 2 aromatic carbocycles. The lowest BCUT2D eigenvalue weighted by Gasteiger charge is -2.21. The number of hydrogen-bond acceptors (Lipinski definition) is 4. The molecule has 1 heterocycles. The van der Waals surface area contributed by atoms with Gasteiger partial charge in [-0.2, -0.15) is 18.4 Å². The van der Waals surface area contributed by atoms with Crippen LogP contribution in [-0.4, -0.2) is 23.3 Å². The lowest BCUT2D eigenvalue weighted by molar-refractivity contribution is -0.137. The normalized spacial score (nSPS) is 11.0. The Morgan fingerprint density at radius 1 is 1.12 bits per heavy atom. The van der Waals surface area contributed by atoms with E-state index in [0.29, 0.717) is 5.76 Å². The van der Waals surface area contributed by atoms with Crippen LogP contribution >= 0.6 is 11.6 Å². The molecule has 0 aliphatic heterocycles. The third-order valence-corrected chi connectivity index (χ3v) is 4.67. The van der Waals surface area contributed by atoms with Gasteiger partial charge in [-0.1, -0.05) is 17.7 Å². The van der Waals surface area contributed by atoms with Crippen molar-refractivity contribution in [1.29, 1.82) is 5.26 Å². The summed E-state index contributed by atoms with van der Waals surface area (Å²) in [6.45, 7) is -0.537. The smallest absolute Gasteiger partial charge is 0.417 e. The molecule has 3 aromatic rings. The van der Waals surface area contributed by atoms with E-state index < -0.39 is 35.1 Å². The summed E-state index contributed by atoms with van der Waals surface area (Å²) in [5.74, 6) is -0.883. The first-order chi connectivity index (χ1) is 15.2. The van der Waals surface area contributed by atoms with E-state index in [-0.39, 0.29) is 23.4 Å². The standard InChI is InChI=1S/C22H15ClF3N3O3/c23-19-7-6-16(10-18(19)22(24,25)26)28-20(30)13-29(12-17-5-2-8-32-17)21(31)15-4-1-3-14(9-15)11-27/h1-10H,12-13H2,(H,28,30). The number of nitriles is 1. The van der Waals surface area contributed by atoms with Crippen LogP contribution in [0.4, 0.5) is 18.9 Å². The average Bonchev–Trinajstić information content (AvgIpc) is 3.26. The number of amides is 2. The van der Waals surface area contributed by atoms with Crippen LogP contribution in [-0.2, 0) is 17.5 Å². The van der Waals surface area contributed by atoms with Crippen molar-refractivity contribution in [2.45, 2.75) is 12.7 Å². The Bertz CT molecular complexity index is 1170. The highest BCUT2D eigenvalue weighted by atomic mass is 35.5. The minimum absolute atomic E-state index is 0.0650. The summed E-state index contributed by atoms with van der Waals surface area (Å²) in [5, 5.41) is 10.9. The summed E-state index contributed by atoms with van der Waals surface area (Å²) in [6, 6.07) is 14.1. The summed E-state index contributed by atoms with van der Waals surface area (Å²) in [4.78, 5) is 26.7. The summed E-state index contributed by atoms with van der Waals surface area (Å²) in [7, 11) is 0. The monoisotopic (exact) mass is 461 g/mol. The van der Waals surface area contributed by atoms with Crippen molar-refractivity contribution < 1.29 is 27.2 Å². The van der Waals surface area contributed by atoms with E-state index in [1.165, 1.54) is 36.6 Å². The SMILES string of the molecule is N#Cc1cccc(C(=O)N(CC(=O)Nc2ccc(Cl)c(C(F)(F)F)c2)Cc2ccco2)c1. The van der Waals surface area contributed by atoms with E-state index >= 15 is 0 Å². The molecule has 6 nitrogen and oxygen atoms in total. The van der Waals surface area contributed by atoms with E-state index in [9.17, 15) is 22.8 Å². The van der Waals surface area contributed by atoms with Crippen LogP contribution in [0, 0.1) is 11.3 Å². The zero-order valence-corrected chi connectivity index (χ0v) is 17.1. The van der Waals surface area contributed by atoms with Crippen molar-refractivity contribution in [2.75, 3.05) is 11.9 Å². The Kier molecular flexibility index (Phi) is 6.85. The first kappa shape index (κ1) is 22.9. The molecule has 0 aliphatic carbocycles. The first-order valence-corrected chi connectivity index (χ1v) is 9.53. The van der Waals surface area contributed by atoms with E-state index in [0.717, 1.165) is 17.0 Å². The molecule has 3 rings (SSSR count). The maximum Gasteiger partial charge on any atom is 0.417 e. The molecule has 0 saturated heterocycles. The second-order valence-corrected chi connectivity index (χ2v) is 7.08. The van der Waals surface area contributed by atoms with Crippen LogP contribution < -0.4 is 5.32 Å². The molecule has 1 aromatic heterocycles. The molecule has 1 N–H and O–H groups in total. The molecular weight excluding hydrogens is 447 g/mol. The maximum atomic E-state index is 13.1. The van der Waals surface area contributed by atoms with Crippen molar-refractivity contribution >= 4 is 29.1 Å². The third kappa shape index (κ3) is 5.68. The van der Waals surface area contributed by atoms with Gasteiger partial charge in [0.05, 0.1) is 35.0 Å². The van der Waals surface area contributed by atoms with Crippen LogP contribution in [0.25, 0.3) is 0 Å². The number of carbonyl (C=O) groups excluding carboxylic acids is 2. The quantitative estimate of drug-likeness (QED) is 0.553. The number of rotatable bonds is 6. The predicted molar refractivity (Wildman–Crippen MR) is 110 cm³/mol. The lowest BCUT2D eigenvalue weighted by Crippen LogP contribution is -2.37. The fraction of sp³-hybridized carbons (Fsp3) is 0.136. The number of furan rings is 1. The largest absolute Gasteiger partial charge is 0.467 e. The van der Waals surface area contributed by atoms with E-state index in [2.05, 4.69) is 5.32 Å². The van der Waals surface area contributed by atoms with Gasteiger partial charge in [0, 0.05) is 11.3 Å². The van der Waals surface area contributed by atoms with E-state index in [1.54, 1.807) is 12.1 Å². The molecule has 0 aliphatic rings. The molecular formula is C22H15ClF3N3O3. The Balaban J connectivity index is 1.81. The van der Waals surface area contributed by atoms with E-state index in [4.69, 9.17) is 21.3 Å². The molecule has 0 radical (unpaired) electrons. The average molecular weight is 462 g/mol. The van der Waals surface area contributed by atoms with Gasteiger partial charge in [-0.25, -0.2) is 0 Å². The molecule has 10 heteroatoms. The van der Waals surface area contributed by atoms with Crippen LogP contribution in [0.15, 0.2) is 65.3 Å². The van der Waals surface area contributed by atoms with Crippen LogP contribution in [0.1, 0.15) is 27.2 Å². The minimum Gasteiger partial charge on any atom is -0.467 e. The van der Waals surface area contributed by atoms with Gasteiger partial charge in [-0.05, 0) is 48.5 Å². The van der Waals surface area contributed by atoms with Crippen LogP contribution in [0.3, 0.4) is 0 Å². The molecule has 2 amide bonds. The Morgan fingerprint density at radius 3 is 2.56 bits per heavy atom. The molecule has 0 bridgehead atoms. The Hall–Kier alpha value is -3.77. The van der Waals surface area contributed by atoms with Crippen molar-refractivity contribution in [3.05, 3.63) is 88.3 Å². The zero-order valence-electron chi connectivity index (χ0n) is 16.3. The fourth-order valence-electron chi connectivity index (χ4n) is 2.89. The number of benzene rings is 2. The van der Waals surface area contributed by atoms with Crippen molar-refractivity contribution in [1.82, 2.24) is 4.90 Å². The number of anilines is 1. The third-order valence-electron chi connectivity index (χ3n) is 4.34. The van der Waals surface area contributed by atoms with Crippen molar-refractivity contribution in [3.8, 4) is 6.07 Å².